The van der Waals surface area contributed by atoms with E-state index < -0.39 is 5.97 Å². The maximum absolute atomic E-state index is 13.2. The van der Waals surface area contributed by atoms with Gasteiger partial charge in [0, 0.05) is 38.2 Å². The van der Waals surface area contributed by atoms with Gasteiger partial charge in [0.25, 0.3) is 11.5 Å². The van der Waals surface area contributed by atoms with Crippen LogP contribution in [0.2, 0.25) is 0 Å². The van der Waals surface area contributed by atoms with Crippen LogP contribution in [0.3, 0.4) is 0 Å². The maximum atomic E-state index is 13.2. The summed E-state index contributed by atoms with van der Waals surface area (Å²) < 4.78 is 7.51. The fourth-order valence-electron chi connectivity index (χ4n) is 4.10. The third kappa shape index (κ3) is 5.51. The second-order valence-corrected chi connectivity index (χ2v) is 9.71. The molecular formula is C23H28N4O5S2. The van der Waals surface area contributed by atoms with E-state index in [1.54, 1.807) is 17.6 Å². The van der Waals surface area contributed by atoms with E-state index in [0.29, 0.717) is 84.8 Å². The zero-order valence-electron chi connectivity index (χ0n) is 19.3. The number of nitrogens with zero attached hydrogens (tertiary/aromatic N) is 4. The Hall–Kier alpha value is -2.68. The van der Waals surface area contributed by atoms with Gasteiger partial charge in [-0.2, -0.15) is 5.26 Å². The Morgan fingerprint density at radius 2 is 1.97 bits per heavy atom. The second-order valence-electron chi connectivity index (χ2n) is 8.04. The summed E-state index contributed by atoms with van der Waals surface area (Å²) in [6.07, 6.45) is 3.75. The van der Waals surface area contributed by atoms with Crippen LogP contribution < -0.4 is 10.5 Å². The number of nitriles is 1. The van der Waals surface area contributed by atoms with Crippen LogP contribution in [0.5, 0.6) is 0 Å². The normalized spacial score (nSPS) is 17.5. The van der Waals surface area contributed by atoms with Crippen molar-refractivity contribution in [3.05, 3.63) is 31.9 Å². The molecule has 0 bridgehead atoms. The predicted molar refractivity (Wildman–Crippen MR) is 135 cm³/mol. The first kappa shape index (κ1) is 25.9. The number of carboxylic acid groups (broad SMARTS) is 1. The fourth-order valence-corrected chi connectivity index (χ4v) is 5.39. The standard InChI is InChI=1S/C23H28N4O5S2/c1-3-26-20(25-9-11-32-12-10-25)16(15(2)17(14-24)21(26)30)13-18-22(31)27(23(33)34-18)8-6-4-5-7-19(28)29/h13H,3-12H2,1-2H3,(H,28,29)/b18-13-. The quantitative estimate of drug-likeness (QED) is 0.308. The molecule has 1 aromatic heterocycles. The number of carbonyl (C=O) groups is 2. The Balaban J connectivity index is 1.96. The van der Waals surface area contributed by atoms with Crippen molar-refractivity contribution in [2.24, 2.45) is 0 Å². The summed E-state index contributed by atoms with van der Waals surface area (Å²) in [5.74, 6) is -0.357. The molecule has 2 aliphatic heterocycles. The molecular weight excluding hydrogens is 476 g/mol. The van der Waals surface area contributed by atoms with E-state index in [1.807, 2.05) is 13.0 Å². The van der Waals surface area contributed by atoms with Gasteiger partial charge in [-0.3, -0.25) is 23.9 Å². The molecule has 2 fully saturated rings. The van der Waals surface area contributed by atoms with Gasteiger partial charge >= 0.3 is 5.97 Å². The number of aliphatic carboxylic acids is 1. The molecule has 3 heterocycles. The van der Waals surface area contributed by atoms with Gasteiger partial charge in [-0.15, -0.1) is 0 Å². The van der Waals surface area contributed by atoms with Gasteiger partial charge in [0.05, 0.1) is 18.1 Å². The summed E-state index contributed by atoms with van der Waals surface area (Å²) in [6, 6.07) is 2.03. The number of hydrogen-bond acceptors (Lipinski definition) is 8. The summed E-state index contributed by atoms with van der Waals surface area (Å²) in [7, 11) is 0. The molecule has 0 saturated carbocycles. The van der Waals surface area contributed by atoms with Crippen molar-refractivity contribution in [2.75, 3.05) is 37.7 Å². The number of thioether (sulfide) groups is 1. The number of carboxylic acids is 1. The first-order valence-corrected chi connectivity index (χ1v) is 12.5. The number of unbranched alkanes of at least 4 members (excludes halogenated alkanes) is 2. The van der Waals surface area contributed by atoms with Crippen LogP contribution >= 0.6 is 24.0 Å². The number of morpholine rings is 1. The summed E-state index contributed by atoms with van der Waals surface area (Å²) >= 11 is 6.64. The maximum Gasteiger partial charge on any atom is 0.303 e. The van der Waals surface area contributed by atoms with Gasteiger partial charge in [-0.05, 0) is 38.3 Å². The Bertz CT molecular complexity index is 1120. The van der Waals surface area contributed by atoms with Crippen molar-refractivity contribution in [3.63, 3.8) is 0 Å². The molecule has 0 spiro atoms. The summed E-state index contributed by atoms with van der Waals surface area (Å²) in [5.41, 5.74) is 0.938. The topological polar surface area (TPSA) is 116 Å². The number of rotatable bonds is 9. The van der Waals surface area contributed by atoms with Crippen LogP contribution in [-0.4, -0.2) is 63.6 Å². The van der Waals surface area contributed by atoms with Crippen LogP contribution in [0.4, 0.5) is 5.82 Å². The van der Waals surface area contributed by atoms with Gasteiger partial charge in [-0.1, -0.05) is 30.4 Å². The molecule has 2 saturated heterocycles. The monoisotopic (exact) mass is 504 g/mol. The highest BCUT2D eigenvalue weighted by atomic mass is 32.2. The molecule has 0 aliphatic carbocycles. The average molecular weight is 505 g/mol. The highest BCUT2D eigenvalue weighted by Crippen LogP contribution is 2.36. The summed E-state index contributed by atoms with van der Waals surface area (Å²) in [4.78, 5) is 40.9. The van der Waals surface area contributed by atoms with E-state index in [4.69, 9.17) is 22.1 Å². The van der Waals surface area contributed by atoms with Crippen molar-refractivity contribution < 1.29 is 19.4 Å². The minimum atomic E-state index is -0.829. The van der Waals surface area contributed by atoms with Crippen molar-refractivity contribution in [1.82, 2.24) is 9.47 Å². The number of pyridine rings is 1. The van der Waals surface area contributed by atoms with Crippen molar-refractivity contribution >= 4 is 52.1 Å². The largest absolute Gasteiger partial charge is 0.481 e. The van der Waals surface area contributed by atoms with E-state index in [2.05, 4.69) is 4.90 Å². The minimum absolute atomic E-state index is 0.0685. The van der Waals surface area contributed by atoms with Crippen molar-refractivity contribution in [2.45, 2.75) is 46.1 Å². The summed E-state index contributed by atoms with van der Waals surface area (Å²) in [5, 5.41) is 18.4. The minimum Gasteiger partial charge on any atom is -0.481 e. The lowest BCUT2D eigenvalue weighted by molar-refractivity contribution is -0.137. The molecule has 1 aromatic rings. The lowest BCUT2D eigenvalue weighted by Gasteiger charge is -2.33. The number of anilines is 1. The average Bonchev–Trinajstić information content (AvgIpc) is 3.08. The Labute approximate surface area is 208 Å². The molecule has 34 heavy (non-hydrogen) atoms. The zero-order chi connectivity index (χ0) is 24.8. The third-order valence-corrected chi connectivity index (χ3v) is 7.27. The number of ether oxygens (including phenoxy) is 1. The fraction of sp³-hybridized carbons (Fsp3) is 0.522. The van der Waals surface area contributed by atoms with E-state index in [9.17, 15) is 19.6 Å². The van der Waals surface area contributed by atoms with Gasteiger partial charge in [0.2, 0.25) is 0 Å². The van der Waals surface area contributed by atoms with Crippen LogP contribution in [0.1, 0.15) is 49.3 Å². The highest BCUT2D eigenvalue weighted by Gasteiger charge is 2.33. The SMILES string of the molecule is CCn1c(N2CCOCC2)c(/C=C2\SC(=S)N(CCCCCC(=O)O)C2=O)c(C)c(C#N)c1=O. The lowest BCUT2D eigenvalue weighted by Crippen LogP contribution is -2.41. The third-order valence-electron chi connectivity index (χ3n) is 5.89. The Morgan fingerprint density at radius 3 is 2.59 bits per heavy atom. The van der Waals surface area contributed by atoms with Crippen molar-refractivity contribution in [3.8, 4) is 6.07 Å². The van der Waals surface area contributed by atoms with Crippen molar-refractivity contribution in [1.29, 1.82) is 5.26 Å². The molecule has 11 heteroatoms. The lowest BCUT2D eigenvalue weighted by atomic mass is 10.0. The van der Waals surface area contributed by atoms with E-state index >= 15 is 0 Å². The Kier molecular flexibility index (Phi) is 8.88. The smallest absolute Gasteiger partial charge is 0.303 e. The van der Waals surface area contributed by atoms with Crippen LogP contribution in [-0.2, 0) is 20.9 Å². The van der Waals surface area contributed by atoms with Gasteiger partial charge in [0.15, 0.2) is 0 Å². The molecule has 182 valence electrons. The second kappa shape index (κ2) is 11.6. The number of carbonyl (C=O) groups excluding carboxylic acids is 1. The first-order valence-electron chi connectivity index (χ1n) is 11.3. The van der Waals surface area contributed by atoms with E-state index in [0.717, 1.165) is 0 Å². The zero-order valence-corrected chi connectivity index (χ0v) is 21.0. The predicted octanol–water partition coefficient (Wildman–Crippen LogP) is 2.73. The van der Waals surface area contributed by atoms with E-state index in [1.165, 1.54) is 16.7 Å². The van der Waals surface area contributed by atoms with Gasteiger partial charge in [0.1, 0.15) is 21.8 Å². The van der Waals surface area contributed by atoms with Gasteiger partial charge in [-0.25, -0.2) is 0 Å². The Morgan fingerprint density at radius 1 is 1.26 bits per heavy atom. The molecule has 1 N–H and O–H groups in total. The van der Waals surface area contributed by atoms with Crippen LogP contribution in [0.25, 0.3) is 6.08 Å². The van der Waals surface area contributed by atoms with Gasteiger partial charge < -0.3 is 14.7 Å². The molecule has 0 radical (unpaired) electrons. The molecule has 2 aliphatic rings. The van der Waals surface area contributed by atoms with Crippen LogP contribution in [0.15, 0.2) is 9.70 Å². The molecule has 0 unspecified atom stereocenters. The number of amides is 1. The molecule has 9 nitrogen and oxygen atoms in total. The number of aromatic nitrogens is 1. The summed E-state index contributed by atoms with van der Waals surface area (Å²) in [6.45, 7) is 6.66. The molecule has 0 aromatic carbocycles. The molecule has 0 atom stereocenters. The van der Waals surface area contributed by atoms with Crippen LogP contribution in [0, 0.1) is 18.3 Å². The number of hydrogen-bond donors (Lipinski definition) is 1. The number of thiocarbonyl (C=S) groups is 1. The first-order chi connectivity index (χ1) is 16.3. The molecule has 1 amide bonds. The van der Waals surface area contributed by atoms with E-state index in [-0.39, 0.29) is 23.5 Å². The highest BCUT2D eigenvalue weighted by molar-refractivity contribution is 8.26. The molecule has 3 rings (SSSR count).